The van der Waals surface area contributed by atoms with E-state index in [2.05, 4.69) is 15.1 Å². The number of ether oxygens (including phenoxy) is 1. The lowest BCUT2D eigenvalue weighted by atomic mass is 10.1. The summed E-state index contributed by atoms with van der Waals surface area (Å²) in [5.41, 5.74) is 2.78. The number of aromatic nitrogens is 3. The number of carbonyl (C=O) groups is 2. The van der Waals surface area contributed by atoms with E-state index in [0.29, 0.717) is 27.9 Å². The van der Waals surface area contributed by atoms with Crippen molar-refractivity contribution in [2.75, 3.05) is 0 Å². The molecule has 0 fully saturated rings. The molecule has 0 aliphatic carbocycles. The Balaban J connectivity index is 1.78. The van der Waals surface area contributed by atoms with Gasteiger partial charge in [-0.05, 0) is 51.8 Å². The molecular weight excluding hydrogens is 365 g/mol. The van der Waals surface area contributed by atoms with Gasteiger partial charge in [-0.25, -0.2) is 9.18 Å². The highest BCUT2D eigenvalue weighted by molar-refractivity contribution is 6.01. The SMILES string of the molecule is CC(=O)c1c(C)[nH]c(C(=O)OC(C)c2nc(-c3ccc(C)c(F)c3)no2)c1C. The predicted octanol–water partition coefficient (Wildman–Crippen LogP) is 4.25. The summed E-state index contributed by atoms with van der Waals surface area (Å²) in [5.74, 6) is -0.867. The molecule has 28 heavy (non-hydrogen) atoms. The quantitative estimate of drug-likeness (QED) is 0.521. The van der Waals surface area contributed by atoms with Gasteiger partial charge in [-0.15, -0.1) is 0 Å². The molecule has 0 aliphatic rings. The summed E-state index contributed by atoms with van der Waals surface area (Å²) in [6.07, 6.45) is -0.826. The van der Waals surface area contributed by atoms with Crippen molar-refractivity contribution in [1.29, 1.82) is 0 Å². The van der Waals surface area contributed by atoms with E-state index < -0.39 is 12.1 Å². The number of hydrogen-bond donors (Lipinski definition) is 1. The van der Waals surface area contributed by atoms with Crippen molar-refractivity contribution in [3.63, 3.8) is 0 Å². The Morgan fingerprint density at radius 1 is 1.25 bits per heavy atom. The molecule has 0 spiro atoms. The molecule has 1 aromatic carbocycles. The Bertz CT molecular complexity index is 1070. The van der Waals surface area contributed by atoms with Crippen molar-refractivity contribution in [1.82, 2.24) is 15.1 Å². The molecule has 7 nitrogen and oxygen atoms in total. The third-order valence-corrected chi connectivity index (χ3v) is 4.50. The third-order valence-electron chi connectivity index (χ3n) is 4.50. The van der Waals surface area contributed by atoms with Crippen LogP contribution >= 0.6 is 0 Å². The Labute approximate surface area is 160 Å². The molecule has 8 heteroatoms. The average Bonchev–Trinajstić information content (AvgIpc) is 3.22. The van der Waals surface area contributed by atoms with Crippen LogP contribution in [-0.4, -0.2) is 26.9 Å². The molecule has 0 saturated heterocycles. The standard InChI is InChI=1S/C20H20FN3O4/c1-9-6-7-14(8-15(9)21)18-23-19(28-24-18)13(5)27-20(26)17-10(2)16(12(4)25)11(3)22-17/h6-8,13,22H,1-5H3. The highest BCUT2D eigenvalue weighted by atomic mass is 19.1. The normalized spacial score (nSPS) is 12.1. The van der Waals surface area contributed by atoms with E-state index in [9.17, 15) is 14.0 Å². The topological polar surface area (TPSA) is 98.1 Å². The lowest BCUT2D eigenvalue weighted by molar-refractivity contribution is 0.0258. The van der Waals surface area contributed by atoms with Crippen LogP contribution in [0.1, 0.15) is 63.5 Å². The summed E-state index contributed by atoms with van der Waals surface area (Å²) in [7, 11) is 0. The number of halogens is 1. The van der Waals surface area contributed by atoms with Crippen molar-refractivity contribution in [2.45, 2.75) is 40.7 Å². The van der Waals surface area contributed by atoms with Crippen LogP contribution in [0.5, 0.6) is 0 Å². The number of Topliss-reactive ketones (excluding diaryl/α,β-unsaturated/α-hetero) is 1. The van der Waals surface area contributed by atoms with E-state index in [1.807, 2.05) is 0 Å². The molecule has 0 aliphatic heterocycles. The summed E-state index contributed by atoms with van der Waals surface area (Å²) in [5, 5.41) is 3.82. The maximum Gasteiger partial charge on any atom is 0.355 e. The first kappa shape index (κ1) is 19.5. The van der Waals surface area contributed by atoms with Crippen LogP contribution in [0.4, 0.5) is 4.39 Å². The first-order valence-corrected chi connectivity index (χ1v) is 8.70. The Morgan fingerprint density at radius 2 is 1.96 bits per heavy atom. The zero-order valence-corrected chi connectivity index (χ0v) is 16.2. The summed E-state index contributed by atoms with van der Waals surface area (Å²) in [4.78, 5) is 31.3. The molecule has 0 saturated carbocycles. The number of benzene rings is 1. The smallest absolute Gasteiger partial charge is 0.355 e. The third kappa shape index (κ3) is 3.58. The number of hydrogen-bond acceptors (Lipinski definition) is 6. The lowest BCUT2D eigenvalue weighted by Gasteiger charge is -2.08. The van der Waals surface area contributed by atoms with Gasteiger partial charge in [0.2, 0.25) is 5.82 Å². The molecule has 146 valence electrons. The van der Waals surface area contributed by atoms with Gasteiger partial charge in [-0.2, -0.15) is 4.98 Å². The maximum atomic E-state index is 13.7. The molecule has 2 aromatic heterocycles. The fourth-order valence-electron chi connectivity index (χ4n) is 3.00. The van der Waals surface area contributed by atoms with Crippen molar-refractivity contribution < 1.29 is 23.2 Å². The summed E-state index contributed by atoms with van der Waals surface area (Å²) in [6.45, 7) is 8.08. The van der Waals surface area contributed by atoms with Gasteiger partial charge in [0.25, 0.3) is 5.89 Å². The van der Waals surface area contributed by atoms with Crippen molar-refractivity contribution in [3.05, 3.63) is 58.0 Å². The number of ketones is 1. The molecule has 0 bridgehead atoms. The molecular formula is C20H20FN3O4. The van der Waals surface area contributed by atoms with Crippen LogP contribution in [0.2, 0.25) is 0 Å². The van der Waals surface area contributed by atoms with Crippen LogP contribution in [0.25, 0.3) is 11.4 Å². The van der Waals surface area contributed by atoms with Gasteiger partial charge in [-0.1, -0.05) is 17.3 Å². The number of carbonyl (C=O) groups excluding carboxylic acids is 2. The predicted molar refractivity (Wildman–Crippen MR) is 98.5 cm³/mol. The van der Waals surface area contributed by atoms with Gasteiger partial charge >= 0.3 is 5.97 Å². The van der Waals surface area contributed by atoms with Crippen LogP contribution in [0.15, 0.2) is 22.7 Å². The number of nitrogens with zero attached hydrogens (tertiary/aromatic N) is 2. The maximum absolute atomic E-state index is 13.7. The molecule has 0 amide bonds. The summed E-state index contributed by atoms with van der Waals surface area (Å²) >= 11 is 0. The van der Waals surface area contributed by atoms with Gasteiger partial charge in [0.05, 0.1) is 0 Å². The number of aryl methyl sites for hydroxylation is 2. The largest absolute Gasteiger partial charge is 0.448 e. The first-order valence-electron chi connectivity index (χ1n) is 8.70. The van der Waals surface area contributed by atoms with Crippen LogP contribution in [-0.2, 0) is 4.74 Å². The van der Waals surface area contributed by atoms with E-state index >= 15 is 0 Å². The van der Waals surface area contributed by atoms with E-state index in [-0.39, 0.29) is 29.0 Å². The minimum atomic E-state index is -0.826. The highest BCUT2D eigenvalue weighted by Gasteiger charge is 2.25. The molecule has 2 heterocycles. The number of rotatable bonds is 5. The summed E-state index contributed by atoms with van der Waals surface area (Å²) in [6, 6.07) is 4.61. The molecule has 1 atom stereocenters. The average molecular weight is 385 g/mol. The number of esters is 1. The Morgan fingerprint density at radius 3 is 2.57 bits per heavy atom. The fraction of sp³-hybridized carbons (Fsp3) is 0.300. The zero-order chi connectivity index (χ0) is 20.6. The molecule has 3 aromatic rings. The molecule has 1 N–H and O–H groups in total. The van der Waals surface area contributed by atoms with Crippen molar-refractivity contribution in [2.24, 2.45) is 0 Å². The molecule has 3 rings (SSSR count). The molecule has 1 unspecified atom stereocenters. The van der Waals surface area contributed by atoms with E-state index in [1.165, 1.54) is 13.0 Å². The van der Waals surface area contributed by atoms with Gasteiger partial charge in [-0.3, -0.25) is 4.79 Å². The van der Waals surface area contributed by atoms with Gasteiger partial charge in [0.1, 0.15) is 11.5 Å². The van der Waals surface area contributed by atoms with Crippen molar-refractivity contribution in [3.8, 4) is 11.4 Å². The first-order chi connectivity index (χ1) is 13.2. The zero-order valence-electron chi connectivity index (χ0n) is 16.2. The van der Waals surface area contributed by atoms with Crippen LogP contribution in [0.3, 0.4) is 0 Å². The number of aromatic amines is 1. The lowest BCUT2D eigenvalue weighted by Crippen LogP contribution is -2.11. The van der Waals surface area contributed by atoms with Crippen LogP contribution in [0, 0.1) is 26.6 Å². The highest BCUT2D eigenvalue weighted by Crippen LogP contribution is 2.25. The summed E-state index contributed by atoms with van der Waals surface area (Å²) < 4.78 is 24.3. The van der Waals surface area contributed by atoms with E-state index in [1.54, 1.807) is 39.8 Å². The minimum Gasteiger partial charge on any atom is -0.448 e. The minimum absolute atomic E-state index is 0.0806. The second-order valence-corrected chi connectivity index (χ2v) is 6.65. The van der Waals surface area contributed by atoms with Gasteiger partial charge < -0.3 is 14.2 Å². The van der Waals surface area contributed by atoms with Crippen molar-refractivity contribution >= 4 is 11.8 Å². The second-order valence-electron chi connectivity index (χ2n) is 6.65. The number of H-pyrrole nitrogens is 1. The molecule has 0 radical (unpaired) electrons. The monoisotopic (exact) mass is 385 g/mol. The van der Waals surface area contributed by atoms with Crippen LogP contribution < -0.4 is 0 Å². The van der Waals surface area contributed by atoms with E-state index in [4.69, 9.17) is 9.26 Å². The van der Waals surface area contributed by atoms with Gasteiger partial charge in [0, 0.05) is 16.8 Å². The number of nitrogens with one attached hydrogen (secondary N) is 1. The Hall–Kier alpha value is -3.29. The fourth-order valence-corrected chi connectivity index (χ4v) is 3.00. The van der Waals surface area contributed by atoms with E-state index in [0.717, 1.165) is 0 Å². The Kier molecular flexibility index (Phi) is 5.13. The second kappa shape index (κ2) is 7.38. The van der Waals surface area contributed by atoms with Gasteiger partial charge in [0.15, 0.2) is 11.9 Å².